The topological polar surface area (TPSA) is 63.8 Å². The van der Waals surface area contributed by atoms with Gasteiger partial charge in [-0.05, 0) is 30.0 Å². The molecular weight excluding hydrogens is 236 g/mol. The zero-order chi connectivity index (χ0) is 13.8. The molecule has 100 valence electrons. The molecule has 1 unspecified atom stereocenters. The fourth-order valence-electron chi connectivity index (χ4n) is 2.06. The Bertz CT molecular complexity index is 534. The van der Waals surface area contributed by atoms with Crippen molar-refractivity contribution < 1.29 is 0 Å². The lowest BCUT2D eigenvalue weighted by molar-refractivity contribution is 0.616. The molecule has 0 amide bonds. The zero-order valence-corrected chi connectivity index (χ0v) is 11.6. The first kappa shape index (κ1) is 13.6. The van der Waals surface area contributed by atoms with E-state index in [0.717, 1.165) is 17.1 Å². The number of hydrazine groups is 1. The van der Waals surface area contributed by atoms with Gasteiger partial charge in [-0.15, -0.1) is 0 Å². The van der Waals surface area contributed by atoms with Gasteiger partial charge in [-0.25, -0.2) is 15.4 Å². The lowest BCUT2D eigenvalue weighted by atomic mass is 9.98. The van der Waals surface area contributed by atoms with Crippen LogP contribution in [0, 0.1) is 6.92 Å². The second-order valence-corrected chi connectivity index (χ2v) is 4.95. The van der Waals surface area contributed by atoms with Crippen LogP contribution in [0.2, 0.25) is 0 Å². The minimum atomic E-state index is -0.108. The van der Waals surface area contributed by atoms with Gasteiger partial charge in [0.1, 0.15) is 5.82 Å². The Morgan fingerprint density at radius 3 is 2.21 bits per heavy atom. The lowest BCUT2D eigenvalue weighted by Crippen LogP contribution is -2.29. The summed E-state index contributed by atoms with van der Waals surface area (Å²) in [6, 6.07) is 10.2. The number of rotatable bonds is 4. The minimum absolute atomic E-state index is 0.108. The van der Waals surface area contributed by atoms with E-state index in [9.17, 15) is 0 Å². The molecule has 0 spiro atoms. The third-order valence-corrected chi connectivity index (χ3v) is 3.20. The highest BCUT2D eigenvalue weighted by Crippen LogP contribution is 2.22. The van der Waals surface area contributed by atoms with E-state index >= 15 is 0 Å². The molecule has 0 radical (unpaired) electrons. The van der Waals surface area contributed by atoms with Crippen LogP contribution in [-0.2, 0) is 0 Å². The molecule has 2 aromatic rings. The predicted octanol–water partition coefficient (Wildman–Crippen LogP) is 2.46. The number of nitrogens with zero attached hydrogens (tertiary/aromatic N) is 2. The van der Waals surface area contributed by atoms with Crippen molar-refractivity contribution in [3.63, 3.8) is 0 Å². The Balaban J connectivity index is 2.31. The summed E-state index contributed by atoms with van der Waals surface area (Å²) in [5, 5.41) is 0. The molecule has 0 saturated carbocycles. The van der Waals surface area contributed by atoms with Crippen LogP contribution in [0.3, 0.4) is 0 Å². The maximum Gasteiger partial charge on any atom is 0.125 e. The third-order valence-electron chi connectivity index (χ3n) is 3.20. The Kier molecular flexibility index (Phi) is 4.24. The highest BCUT2D eigenvalue weighted by Gasteiger charge is 2.14. The van der Waals surface area contributed by atoms with Crippen LogP contribution >= 0.6 is 0 Å². The summed E-state index contributed by atoms with van der Waals surface area (Å²) < 4.78 is 0. The smallest absolute Gasteiger partial charge is 0.125 e. The van der Waals surface area contributed by atoms with Gasteiger partial charge in [0.25, 0.3) is 0 Å². The molecule has 1 atom stereocenters. The normalized spacial score (nSPS) is 12.7. The molecule has 0 aliphatic carbocycles. The largest absolute Gasteiger partial charge is 0.271 e. The maximum absolute atomic E-state index is 5.67. The highest BCUT2D eigenvalue weighted by atomic mass is 15.2. The van der Waals surface area contributed by atoms with E-state index in [0.29, 0.717) is 5.92 Å². The fraction of sp³-hybridized carbons (Fsp3) is 0.333. The van der Waals surface area contributed by atoms with E-state index in [2.05, 4.69) is 53.5 Å². The SMILES string of the molecule is Cc1nccc(C(NN)c2ccc(C(C)C)cc2)n1. The van der Waals surface area contributed by atoms with E-state index < -0.39 is 0 Å². The highest BCUT2D eigenvalue weighted by molar-refractivity contribution is 5.31. The number of benzene rings is 1. The number of nitrogens with one attached hydrogen (secondary N) is 1. The quantitative estimate of drug-likeness (QED) is 0.651. The van der Waals surface area contributed by atoms with Crippen LogP contribution in [-0.4, -0.2) is 9.97 Å². The lowest BCUT2D eigenvalue weighted by Gasteiger charge is -2.17. The Hall–Kier alpha value is -1.78. The van der Waals surface area contributed by atoms with Crippen LogP contribution in [0.1, 0.15) is 48.5 Å². The van der Waals surface area contributed by atoms with Crippen molar-refractivity contribution in [3.8, 4) is 0 Å². The summed E-state index contributed by atoms with van der Waals surface area (Å²) in [5.41, 5.74) is 6.12. The molecule has 0 aliphatic heterocycles. The first-order valence-electron chi connectivity index (χ1n) is 6.47. The first-order chi connectivity index (χ1) is 9.11. The second-order valence-electron chi connectivity index (χ2n) is 4.95. The van der Waals surface area contributed by atoms with Gasteiger partial charge in [0.05, 0.1) is 11.7 Å². The van der Waals surface area contributed by atoms with Crippen LogP contribution in [0.15, 0.2) is 36.5 Å². The summed E-state index contributed by atoms with van der Waals surface area (Å²) in [5.74, 6) is 6.95. The van der Waals surface area contributed by atoms with Crippen molar-refractivity contribution in [2.45, 2.75) is 32.7 Å². The molecule has 4 heteroatoms. The minimum Gasteiger partial charge on any atom is -0.271 e. The van der Waals surface area contributed by atoms with Crippen LogP contribution in [0.4, 0.5) is 0 Å². The number of aryl methyl sites for hydroxylation is 1. The summed E-state index contributed by atoms with van der Waals surface area (Å²) in [6.45, 7) is 6.24. The van der Waals surface area contributed by atoms with Crippen molar-refractivity contribution in [1.29, 1.82) is 0 Å². The molecule has 1 aromatic carbocycles. The summed E-state index contributed by atoms with van der Waals surface area (Å²) in [4.78, 5) is 8.53. The van der Waals surface area contributed by atoms with E-state index in [4.69, 9.17) is 5.84 Å². The first-order valence-corrected chi connectivity index (χ1v) is 6.47. The summed E-state index contributed by atoms with van der Waals surface area (Å²) in [6.07, 6.45) is 1.75. The Morgan fingerprint density at radius 1 is 1.05 bits per heavy atom. The standard InChI is InChI=1S/C15H20N4/c1-10(2)12-4-6-13(7-5-12)15(19-16)14-8-9-17-11(3)18-14/h4-10,15,19H,16H2,1-3H3. The molecule has 3 N–H and O–H groups in total. The van der Waals surface area contributed by atoms with Gasteiger partial charge in [0, 0.05) is 6.20 Å². The van der Waals surface area contributed by atoms with Crippen LogP contribution in [0.5, 0.6) is 0 Å². The predicted molar refractivity (Wildman–Crippen MR) is 76.5 cm³/mol. The molecule has 0 saturated heterocycles. The van der Waals surface area contributed by atoms with Crippen molar-refractivity contribution in [3.05, 3.63) is 59.2 Å². The Labute approximate surface area is 114 Å². The fourth-order valence-corrected chi connectivity index (χ4v) is 2.06. The molecular formula is C15H20N4. The molecule has 1 heterocycles. The van der Waals surface area contributed by atoms with Gasteiger partial charge in [-0.1, -0.05) is 38.1 Å². The molecule has 1 aromatic heterocycles. The number of aromatic nitrogens is 2. The summed E-state index contributed by atoms with van der Waals surface area (Å²) in [7, 11) is 0. The number of nitrogens with two attached hydrogens (primary N) is 1. The zero-order valence-electron chi connectivity index (χ0n) is 11.6. The van der Waals surface area contributed by atoms with Gasteiger partial charge >= 0.3 is 0 Å². The average molecular weight is 256 g/mol. The van der Waals surface area contributed by atoms with Gasteiger partial charge in [-0.2, -0.15) is 0 Å². The van der Waals surface area contributed by atoms with Crippen molar-refractivity contribution in [2.75, 3.05) is 0 Å². The number of hydrogen-bond acceptors (Lipinski definition) is 4. The van der Waals surface area contributed by atoms with E-state index in [-0.39, 0.29) is 6.04 Å². The van der Waals surface area contributed by atoms with Crippen molar-refractivity contribution in [2.24, 2.45) is 5.84 Å². The van der Waals surface area contributed by atoms with E-state index in [1.165, 1.54) is 5.56 Å². The van der Waals surface area contributed by atoms with Gasteiger partial charge in [0.15, 0.2) is 0 Å². The second kappa shape index (κ2) is 5.91. The van der Waals surface area contributed by atoms with Crippen molar-refractivity contribution >= 4 is 0 Å². The molecule has 19 heavy (non-hydrogen) atoms. The Morgan fingerprint density at radius 2 is 1.68 bits per heavy atom. The van der Waals surface area contributed by atoms with Gasteiger partial charge in [-0.3, -0.25) is 5.84 Å². The van der Waals surface area contributed by atoms with Crippen molar-refractivity contribution in [1.82, 2.24) is 15.4 Å². The van der Waals surface area contributed by atoms with E-state index in [1.54, 1.807) is 6.20 Å². The van der Waals surface area contributed by atoms with Gasteiger partial charge in [0.2, 0.25) is 0 Å². The van der Waals surface area contributed by atoms with Crippen LogP contribution < -0.4 is 11.3 Å². The van der Waals surface area contributed by atoms with Gasteiger partial charge < -0.3 is 0 Å². The number of hydrogen-bond donors (Lipinski definition) is 2. The summed E-state index contributed by atoms with van der Waals surface area (Å²) >= 11 is 0. The molecule has 0 fully saturated rings. The van der Waals surface area contributed by atoms with E-state index in [1.807, 2.05) is 13.0 Å². The molecule has 0 aliphatic rings. The monoisotopic (exact) mass is 256 g/mol. The molecule has 4 nitrogen and oxygen atoms in total. The van der Waals surface area contributed by atoms with Crippen LogP contribution in [0.25, 0.3) is 0 Å². The molecule has 0 bridgehead atoms. The third kappa shape index (κ3) is 3.16. The maximum atomic E-state index is 5.67. The molecule has 2 rings (SSSR count). The average Bonchev–Trinajstić information content (AvgIpc) is 2.40.